The van der Waals surface area contributed by atoms with Gasteiger partial charge in [0.1, 0.15) is 5.60 Å². The van der Waals surface area contributed by atoms with Crippen LogP contribution in [0.2, 0.25) is 0 Å². The number of nitrogens with zero attached hydrogens (tertiary/aromatic N) is 3. The number of hydrogen-bond donors (Lipinski definition) is 2. The Morgan fingerprint density at radius 2 is 2.12 bits per heavy atom. The third kappa shape index (κ3) is 8.27. The fraction of sp³-hybridized carbons (Fsp3) is 0.474. The van der Waals surface area contributed by atoms with E-state index in [9.17, 15) is 9.90 Å². The van der Waals surface area contributed by atoms with E-state index in [1.807, 2.05) is 30.3 Å². The molecule has 26 heavy (non-hydrogen) atoms. The highest BCUT2D eigenvalue weighted by Crippen LogP contribution is 2.10. The number of ether oxygens (including phenoxy) is 1. The summed E-state index contributed by atoms with van der Waals surface area (Å²) >= 11 is 0. The number of aliphatic hydroxyl groups is 1. The van der Waals surface area contributed by atoms with Gasteiger partial charge < -0.3 is 15.2 Å². The quantitative estimate of drug-likeness (QED) is 0.579. The molecule has 0 aliphatic heterocycles. The first-order chi connectivity index (χ1) is 12.2. The number of benzene rings is 1. The standard InChI is InChI=1S/C19H24N4O3/c1-19(2,3)26-18(25)23-16(10-14-8-6-5-7-9-14)17(24)13-22-12-15(11-20)21-4/h5-9,12,15-17,24H,10,13H2,1-3H3,(H,23,25). The Balaban J connectivity index is 2.80. The lowest BCUT2D eigenvalue weighted by atomic mass is 10.0. The van der Waals surface area contributed by atoms with E-state index in [1.54, 1.807) is 26.8 Å². The fourth-order valence-corrected chi connectivity index (χ4v) is 2.10. The molecule has 0 radical (unpaired) electrons. The van der Waals surface area contributed by atoms with Crippen molar-refractivity contribution >= 4 is 12.3 Å². The molecule has 1 aromatic rings. The first kappa shape index (κ1) is 21.1. The second kappa shape index (κ2) is 10.2. The number of amides is 1. The molecule has 138 valence electrons. The van der Waals surface area contributed by atoms with Crippen LogP contribution in [-0.4, -0.2) is 47.7 Å². The van der Waals surface area contributed by atoms with Gasteiger partial charge in [0.2, 0.25) is 0 Å². The van der Waals surface area contributed by atoms with E-state index in [4.69, 9.17) is 16.6 Å². The minimum atomic E-state index is -0.996. The molecular formula is C19H24N4O3. The summed E-state index contributed by atoms with van der Waals surface area (Å²) in [5, 5.41) is 21.8. The Hall–Kier alpha value is -2.90. The van der Waals surface area contributed by atoms with Crippen LogP contribution in [0, 0.1) is 17.9 Å². The second-order valence-electron chi connectivity index (χ2n) is 6.73. The van der Waals surface area contributed by atoms with Crippen LogP contribution < -0.4 is 5.32 Å². The number of rotatable bonds is 7. The minimum absolute atomic E-state index is 0.0407. The van der Waals surface area contributed by atoms with E-state index >= 15 is 0 Å². The van der Waals surface area contributed by atoms with Gasteiger partial charge in [-0.2, -0.15) is 5.26 Å². The third-order valence-corrected chi connectivity index (χ3v) is 3.28. The van der Waals surface area contributed by atoms with E-state index < -0.39 is 29.9 Å². The number of carbonyl (C=O) groups is 1. The largest absolute Gasteiger partial charge is 0.444 e. The van der Waals surface area contributed by atoms with E-state index in [1.165, 1.54) is 6.21 Å². The molecule has 0 fully saturated rings. The number of aliphatic hydroxyl groups excluding tert-OH is 1. The first-order valence-electron chi connectivity index (χ1n) is 8.23. The Morgan fingerprint density at radius 3 is 2.65 bits per heavy atom. The summed E-state index contributed by atoms with van der Waals surface area (Å²) in [6, 6.07) is 9.59. The molecular weight excluding hydrogens is 332 g/mol. The summed E-state index contributed by atoms with van der Waals surface area (Å²) in [6.07, 6.45) is -0.0357. The fourth-order valence-electron chi connectivity index (χ4n) is 2.10. The van der Waals surface area contributed by atoms with E-state index in [0.717, 1.165) is 5.56 Å². The molecule has 3 atom stereocenters. The van der Waals surface area contributed by atoms with E-state index in [2.05, 4.69) is 15.2 Å². The van der Waals surface area contributed by atoms with Crippen molar-refractivity contribution in [2.75, 3.05) is 6.54 Å². The molecule has 1 aromatic carbocycles. The number of nitriles is 1. The van der Waals surface area contributed by atoms with Gasteiger partial charge in [-0.15, -0.1) is 0 Å². The Bertz CT molecular complexity index is 669. The molecule has 0 saturated carbocycles. The average Bonchev–Trinajstić information content (AvgIpc) is 2.57. The smallest absolute Gasteiger partial charge is 0.407 e. The van der Waals surface area contributed by atoms with Gasteiger partial charge in [-0.3, -0.25) is 9.84 Å². The Labute approximate surface area is 154 Å². The zero-order valence-electron chi connectivity index (χ0n) is 15.2. The van der Waals surface area contributed by atoms with Crippen molar-refractivity contribution in [2.24, 2.45) is 4.99 Å². The van der Waals surface area contributed by atoms with Gasteiger partial charge in [0.15, 0.2) is 6.07 Å². The molecule has 1 rings (SSSR count). The molecule has 0 bridgehead atoms. The van der Waals surface area contributed by atoms with Crippen LogP contribution in [0.5, 0.6) is 0 Å². The molecule has 0 aliphatic rings. The van der Waals surface area contributed by atoms with Crippen LogP contribution in [-0.2, 0) is 11.2 Å². The third-order valence-electron chi connectivity index (χ3n) is 3.28. The average molecular weight is 356 g/mol. The molecule has 7 nitrogen and oxygen atoms in total. The maximum atomic E-state index is 12.1. The highest BCUT2D eigenvalue weighted by Gasteiger charge is 2.25. The zero-order chi connectivity index (χ0) is 19.6. The molecule has 7 heteroatoms. The Morgan fingerprint density at radius 1 is 1.46 bits per heavy atom. The van der Waals surface area contributed by atoms with Gasteiger partial charge in [-0.25, -0.2) is 11.4 Å². The van der Waals surface area contributed by atoms with Crippen LogP contribution in [0.3, 0.4) is 0 Å². The summed E-state index contributed by atoms with van der Waals surface area (Å²) in [5.41, 5.74) is 0.285. The lowest BCUT2D eigenvalue weighted by Gasteiger charge is -2.26. The van der Waals surface area contributed by atoms with Gasteiger partial charge >= 0.3 is 12.1 Å². The van der Waals surface area contributed by atoms with Crippen LogP contribution in [0.1, 0.15) is 26.3 Å². The number of aliphatic imine (C=N–C) groups is 1. The molecule has 1 amide bonds. The van der Waals surface area contributed by atoms with Gasteiger partial charge in [0.05, 0.1) is 24.9 Å². The van der Waals surface area contributed by atoms with E-state index in [0.29, 0.717) is 6.42 Å². The van der Waals surface area contributed by atoms with Crippen LogP contribution in [0.25, 0.3) is 4.85 Å². The van der Waals surface area contributed by atoms with Crippen molar-refractivity contribution in [3.05, 3.63) is 47.3 Å². The maximum absolute atomic E-state index is 12.1. The first-order valence-corrected chi connectivity index (χ1v) is 8.23. The molecule has 0 saturated heterocycles. The van der Waals surface area contributed by atoms with Gasteiger partial charge in [-0.1, -0.05) is 30.3 Å². The van der Waals surface area contributed by atoms with Crippen LogP contribution in [0.15, 0.2) is 35.3 Å². The molecule has 2 N–H and O–H groups in total. The van der Waals surface area contributed by atoms with E-state index in [-0.39, 0.29) is 6.54 Å². The van der Waals surface area contributed by atoms with Crippen molar-refractivity contribution in [3.63, 3.8) is 0 Å². The number of hydrogen-bond acceptors (Lipinski definition) is 5. The van der Waals surface area contributed by atoms with Crippen LogP contribution in [0.4, 0.5) is 4.79 Å². The number of nitrogens with one attached hydrogen (secondary N) is 1. The van der Waals surface area contributed by atoms with Crippen molar-refractivity contribution in [1.82, 2.24) is 5.32 Å². The van der Waals surface area contributed by atoms with Crippen molar-refractivity contribution in [3.8, 4) is 6.07 Å². The summed E-state index contributed by atoms with van der Waals surface area (Å²) in [6.45, 7) is 12.1. The summed E-state index contributed by atoms with van der Waals surface area (Å²) in [5.74, 6) is 0. The molecule has 0 spiro atoms. The summed E-state index contributed by atoms with van der Waals surface area (Å²) < 4.78 is 5.25. The SMILES string of the molecule is [C-]#[N+]C(C#N)C=NCC(O)C(Cc1ccccc1)NC(=O)OC(C)(C)C. The van der Waals surface area contributed by atoms with Crippen molar-refractivity contribution in [1.29, 1.82) is 5.26 Å². The summed E-state index contributed by atoms with van der Waals surface area (Å²) in [4.78, 5) is 19.1. The second-order valence-corrected chi connectivity index (χ2v) is 6.73. The zero-order valence-corrected chi connectivity index (χ0v) is 15.2. The monoisotopic (exact) mass is 356 g/mol. The van der Waals surface area contributed by atoms with Gasteiger partial charge in [0.25, 0.3) is 0 Å². The summed E-state index contributed by atoms with van der Waals surface area (Å²) in [7, 11) is 0. The van der Waals surface area contributed by atoms with Crippen molar-refractivity contribution in [2.45, 2.75) is 51.0 Å². The van der Waals surface area contributed by atoms with Crippen molar-refractivity contribution < 1.29 is 14.6 Å². The molecule has 0 aliphatic carbocycles. The molecule has 0 heterocycles. The highest BCUT2D eigenvalue weighted by molar-refractivity contribution is 5.70. The number of alkyl carbamates (subject to hydrolysis) is 1. The number of carbonyl (C=O) groups excluding carboxylic acids is 1. The predicted octanol–water partition coefficient (Wildman–Crippen LogP) is 2.37. The lowest BCUT2D eigenvalue weighted by Crippen LogP contribution is -2.47. The van der Waals surface area contributed by atoms with Gasteiger partial charge in [0, 0.05) is 0 Å². The van der Waals surface area contributed by atoms with Crippen LogP contribution >= 0.6 is 0 Å². The Kier molecular flexibility index (Phi) is 8.27. The highest BCUT2D eigenvalue weighted by atomic mass is 16.6. The maximum Gasteiger partial charge on any atom is 0.407 e. The molecule has 0 aromatic heterocycles. The normalized spacial score (nSPS) is 14.7. The topological polar surface area (TPSA) is 99.1 Å². The lowest BCUT2D eigenvalue weighted by molar-refractivity contribution is 0.0430. The predicted molar refractivity (Wildman–Crippen MR) is 98.7 cm³/mol. The van der Waals surface area contributed by atoms with Gasteiger partial charge in [-0.05, 0) is 32.8 Å². The minimum Gasteiger partial charge on any atom is -0.444 e. The molecule has 3 unspecified atom stereocenters.